The van der Waals surface area contributed by atoms with Gasteiger partial charge < -0.3 is 4.90 Å². The summed E-state index contributed by atoms with van der Waals surface area (Å²) in [7, 11) is 0. The number of ketones is 1. The molecule has 0 spiro atoms. The highest BCUT2D eigenvalue weighted by atomic mass is 19.1. The van der Waals surface area contributed by atoms with Crippen LogP contribution < -0.4 is 0 Å². The van der Waals surface area contributed by atoms with Gasteiger partial charge >= 0.3 is 0 Å². The summed E-state index contributed by atoms with van der Waals surface area (Å²) in [6.45, 7) is 0.606. The summed E-state index contributed by atoms with van der Waals surface area (Å²) in [5, 5.41) is 0. The van der Waals surface area contributed by atoms with E-state index in [4.69, 9.17) is 0 Å². The minimum Gasteiger partial charge on any atom is -0.335 e. The zero-order valence-electron chi connectivity index (χ0n) is 11.9. The third-order valence-electron chi connectivity index (χ3n) is 4.63. The second kappa shape index (κ2) is 5.92. The molecule has 0 N–H and O–H groups in total. The molecule has 0 aromatic carbocycles. The minimum atomic E-state index is -0.594. The smallest absolute Gasteiger partial charge is 0.257 e. The Balaban J connectivity index is 1.82. The summed E-state index contributed by atoms with van der Waals surface area (Å²) in [6, 6.07) is 1.35. The van der Waals surface area contributed by atoms with Crippen LogP contribution in [-0.2, 0) is 4.79 Å². The average molecular weight is 290 g/mol. The van der Waals surface area contributed by atoms with Gasteiger partial charge in [-0.1, -0.05) is 6.42 Å². The number of amides is 1. The number of halogens is 1. The molecule has 2 aliphatic rings. The van der Waals surface area contributed by atoms with Gasteiger partial charge in [0.25, 0.3) is 5.91 Å². The maximum absolute atomic E-state index is 13.8. The quantitative estimate of drug-likeness (QED) is 0.841. The molecule has 1 saturated heterocycles. The number of aromatic nitrogens is 1. The Hall–Kier alpha value is -1.78. The number of Topliss-reactive ketones (excluding diaryl/α,β-unsaturated/α-hetero) is 1. The van der Waals surface area contributed by atoms with Gasteiger partial charge in [0.15, 0.2) is 5.82 Å². The molecular formula is C16H19FN2O2. The Bertz CT molecular complexity index is 561. The highest BCUT2D eigenvalue weighted by Gasteiger charge is 2.39. The molecule has 3 rings (SSSR count). The molecule has 1 saturated carbocycles. The Kier molecular flexibility index (Phi) is 3.99. The molecule has 0 bridgehead atoms. The molecule has 1 amide bonds. The Morgan fingerprint density at radius 1 is 1.29 bits per heavy atom. The fraction of sp³-hybridized carbons (Fsp3) is 0.562. The van der Waals surface area contributed by atoms with Crippen molar-refractivity contribution in [2.75, 3.05) is 6.54 Å². The number of hydrogen-bond donors (Lipinski definition) is 0. The van der Waals surface area contributed by atoms with E-state index < -0.39 is 5.82 Å². The van der Waals surface area contributed by atoms with Crippen LogP contribution in [0.15, 0.2) is 18.5 Å². The molecule has 2 atom stereocenters. The van der Waals surface area contributed by atoms with Crippen LogP contribution in [0.1, 0.15) is 48.9 Å². The number of rotatable bonds is 2. The highest BCUT2D eigenvalue weighted by molar-refractivity contribution is 5.95. The molecule has 1 aromatic heterocycles. The molecule has 1 aliphatic heterocycles. The van der Waals surface area contributed by atoms with Crippen molar-refractivity contribution in [3.8, 4) is 0 Å². The molecular weight excluding hydrogens is 271 g/mol. The number of likely N-dealkylation sites (tertiary alicyclic amines) is 1. The van der Waals surface area contributed by atoms with Gasteiger partial charge in [0, 0.05) is 31.1 Å². The van der Waals surface area contributed by atoms with Crippen LogP contribution in [0.2, 0.25) is 0 Å². The van der Waals surface area contributed by atoms with Crippen LogP contribution in [0.25, 0.3) is 0 Å². The van der Waals surface area contributed by atoms with E-state index in [0.717, 1.165) is 38.3 Å². The lowest BCUT2D eigenvalue weighted by atomic mass is 9.81. The predicted molar refractivity (Wildman–Crippen MR) is 75.2 cm³/mol. The highest BCUT2D eigenvalue weighted by Crippen LogP contribution is 2.33. The van der Waals surface area contributed by atoms with Gasteiger partial charge in [-0.2, -0.15) is 0 Å². The van der Waals surface area contributed by atoms with Crippen molar-refractivity contribution in [3.63, 3.8) is 0 Å². The fourth-order valence-electron chi connectivity index (χ4n) is 3.58. The van der Waals surface area contributed by atoms with Gasteiger partial charge in [0.05, 0.1) is 11.8 Å². The first kappa shape index (κ1) is 14.2. The van der Waals surface area contributed by atoms with Gasteiger partial charge in [0.2, 0.25) is 0 Å². The van der Waals surface area contributed by atoms with E-state index in [9.17, 15) is 14.0 Å². The first-order valence-corrected chi connectivity index (χ1v) is 7.61. The first-order valence-electron chi connectivity index (χ1n) is 7.61. The van der Waals surface area contributed by atoms with Crippen molar-refractivity contribution < 1.29 is 14.0 Å². The maximum atomic E-state index is 13.8. The van der Waals surface area contributed by atoms with Crippen LogP contribution in [0.3, 0.4) is 0 Å². The van der Waals surface area contributed by atoms with Crippen molar-refractivity contribution in [2.45, 2.75) is 44.6 Å². The van der Waals surface area contributed by atoms with Crippen LogP contribution in [0.5, 0.6) is 0 Å². The maximum Gasteiger partial charge on any atom is 0.257 e. The lowest BCUT2D eigenvalue weighted by Crippen LogP contribution is -2.44. The van der Waals surface area contributed by atoms with Crippen LogP contribution >= 0.6 is 0 Å². The van der Waals surface area contributed by atoms with Gasteiger partial charge in [-0.05, 0) is 31.7 Å². The number of hydrogen-bond acceptors (Lipinski definition) is 3. The van der Waals surface area contributed by atoms with Crippen molar-refractivity contribution in [1.29, 1.82) is 0 Å². The SMILES string of the molecule is O=C1CCCCC1C1CCCN1C(=O)c1ccncc1F. The molecule has 2 heterocycles. The second-order valence-electron chi connectivity index (χ2n) is 5.88. The van der Waals surface area contributed by atoms with E-state index in [1.165, 1.54) is 12.3 Å². The minimum absolute atomic E-state index is 0.0557. The number of carbonyl (C=O) groups is 2. The Morgan fingerprint density at radius 2 is 2.14 bits per heavy atom. The monoisotopic (exact) mass is 290 g/mol. The van der Waals surface area contributed by atoms with Crippen LogP contribution in [-0.4, -0.2) is 34.2 Å². The third-order valence-corrected chi connectivity index (χ3v) is 4.63. The number of nitrogens with zero attached hydrogens (tertiary/aromatic N) is 2. The normalized spacial score (nSPS) is 26.1. The van der Waals surface area contributed by atoms with E-state index >= 15 is 0 Å². The van der Waals surface area contributed by atoms with E-state index in [-0.39, 0.29) is 29.2 Å². The average Bonchev–Trinajstić information content (AvgIpc) is 2.97. The number of pyridine rings is 1. The van der Waals surface area contributed by atoms with Gasteiger partial charge in [-0.15, -0.1) is 0 Å². The second-order valence-corrected chi connectivity index (χ2v) is 5.88. The Labute approximate surface area is 123 Å². The molecule has 2 unspecified atom stereocenters. The van der Waals surface area contributed by atoms with E-state index in [1.54, 1.807) is 4.90 Å². The predicted octanol–water partition coefficient (Wildman–Crippen LogP) is 2.58. The summed E-state index contributed by atoms with van der Waals surface area (Å²) < 4.78 is 13.8. The lowest BCUT2D eigenvalue weighted by molar-refractivity contribution is -0.126. The summed E-state index contributed by atoms with van der Waals surface area (Å²) in [4.78, 5) is 30.1. The molecule has 1 aliphatic carbocycles. The molecule has 4 nitrogen and oxygen atoms in total. The summed E-state index contributed by atoms with van der Waals surface area (Å²) in [6.07, 6.45) is 7.67. The van der Waals surface area contributed by atoms with Gasteiger partial charge in [-0.25, -0.2) is 4.39 Å². The zero-order valence-corrected chi connectivity index (χ0v) is 11.9. The molecule has 5 heteroatoms. The van der Waals surface area contributed by atoms with Crippen molar-refractivity contribution in [2.24, 2.45) is 5.92 Å². The van der Waals surface area contributed by atoms with Crippen LogP contribution in [0.4, 0.5) is 4.39 Å². The van der Waals surface area contributed by atoms with Gasteiger partial charge in [0.1, 0.15) is 5.78 Å². The van der Waals surface area contributed by atoms with E-state index in [1.807, 2.05) is 0 Å². The van der Waals surface area contributed by atoms with Crippen molar-refractivity contribution in [1.82, 2.24) is 9.88 Å². The molecule has 0 radical (unpaired) electrons. The fourth-order valence-corrected chi connectivity index (χ4v) is 3.58. The first-order chi connectivity index (χ1) is 10.2. The molecule has 112 valence electrons. The molecule has 1 aromatic rings. The third kappa shape index (κ3) is 2.69. The number of carbonyl (C=O) groups excluding carboxylic acids is 2. The molecule has 2 fully saturated rings. The largest absolute Gasteiger partial charge is 0.335 e. The summed E-state index contributed by atoms with van der Waals surface area (Å²) >= 11 is 0. The van der Waals surface area contributed by atoms with Crippen molar-refractivity contribution >= 4 is 11.7 Å². The van der Waals surface area contributed by atoms with E-state index in [2.05, 4.69) is 4.98 Å². The van der Waals surface area contributed by atoms with E-state index in [0.29, 0.717) is 13.0 Å². The summed E-state index contributed by atoms with van der Waals surface area (Å²) in [5.41, 5.74) is 0.0557. The Morgan fingerprint density at radius 3 is 2.90 bits per heavy atom. The standard InChI is InChI=1S/C16H19FN2O2/c17-13-10-18-8-7-11(13)16(21)19-9-3-5-14(19)12-4-1-2-6-15(12)20/h7-8,10,12,14H,1-6,9H2. The van der Waals surface area contributed by atoms with Crippen LogP contribution in [0, 0.1) is 11.7 Å². The zero-order chi connectivity index (χ0) is 14.8. The lowest BCUT2D eigenvalue weighted by Gasteiger charge is -2.33. The topological polar surface area (TPSA) is 50.3 Å². The summed E-state index contributed by atoms with van der Waals surface area (Å²) in [5.74, 6) is -0.699. The molecule has 21 heavy (non-hydrogen) atoms. The van der Waals surface area contributed by atoms with Crippen molar-refractivity contribution in [3.05, 3.63) is 29.8 Å². The van der Waals surface area contributed by atoms with Gasteiger partial charge in [-0.3, -0.25) is 14.6 Å².